The lowest BCUT2D eigenvalue weighted by Crippen LogP contribution is -2.22. The Morgan fingerprint density at radius 3 is 2.69 bits per heavy atom. The van der Waals surface area contributed by atoms with Gasteiger partial charge in [-0.05, 0) is 30.3 Å². The molecule has 26 heavy (non-hydrogen) atoms. The molecule has 0 saturated heterocycles. The minimum Gasteiger partial charge on any atom is -0.452 e. The van der Waals surface area contributed by atoms with Gasteiger partial charge in [0, 0.05) is 10.8 Å². The minimum absolute atomic E-state index is 0.154. The quantitative estimate of drug-likeness (QED) is 0.764. The van der Waals surface area contributed by atoms with E-state index in [9.17, 15) is 13.8 Å². The highest BCUT2D eigenvalue weighted by molar-refractivity contribution is 7.85. The van der Waals surface area contributed by atoms with Crippen LogP contribution >= 0.6 is 11.6 Å². The Balaban J connectivity index is 2.05. The highest BCUT2D eigenvalue weighted by atomic mass is 35.5. The van der Waals surface area contributed by atoms with Gasteiger partial charge in [0.05, 0.1) is 32.5 Å². The molecule has 1 amide bonds. The predicted octanol–water partition coefficient (Wildman–Crippen LogP) is 3.13. The number of ether oxygens (including phenoxy) is 1. The first-order valence-electron chi connectivity index (χ1n) is 7.60. The number of anilines is 1. The third-order valence-corrected chi connectivity index (χ3v) is 4.93. The number of amides is 1. The summed E-state index contributed by atoms with van der Waals surface area (Å²) in [6, 6.07) is 12.7. The Bertz CT molecular complexity index is 908. The second-order valence-electron chi connectivity index (χ2n) is 5.06. The van der Waals surface area contributed by atoms with Crippen LogP contribution in [-0.4, -0.2) is 28.4 Å². The van der Waals surface area contributed by atoms with Crippen LogP contribution in [0.4, 0.5) is 5.69 Å². The molecule has 134 valence electrons. The van der Waals surface area contributed by atoms with Gasteiger partial charge in [-0.1, -0.05) is 30.7 Å². The fourth-order valence-corrected chi connectivity index (χ4v) is 3.21. The summed E-state index contributed by atoms with van der Waals surface area (Å²) in [5, 5.41) is 11.9. The Morgan fingerprint density at radius 1 is 1.27 bits per heavy atom. The Hall–Kier alpha value is -2.69. The summed E-state index contributed by atoms with van der Waals surface area (Å²) >= 11 is 5.85. The lowest BCUT2D eigenvalue weighted by molar-refractivity contribution is -0.119. The molecule has 2 aromatic rings. The third-order valence-electron chi connectivity index (χ3n) is 3.32. The maximum atomic E-state index is 12.2. The largest absolute Gasteiger partial charge is 0.452 e. The smallest absolute Gasteiger partial charge is 0.339 e. The number of hydrogen-bond donors (Lipinski definition) is 1. The number of benzene rings is 2. The Kier molecular flexibility index (Phi) is 6.89. The molecule has 2 aromatic carbocycles. The van der Waals surface area contributed by atoms with Crippen molar-refractivity contribution in [3.8, 4) is 6.07 Å². The molecule has 0 aliphatic heterocycles. The van der Waals surface area contributed by atoms with Gasteiger partial charge in [0.25, 0.3) is 5.91 Å². The van der Waals surface area contributed by atoms with Crippen molar-refractivity contribution in [2.75, 3.05) is 17.7 Å². The van der Waals surface area contributed by atoms with Crippen LogP contribution in [-0.2, 0) is 20.3 Å². The van der Waals surface area contributed by atoms with Crippen molar-refractivity contribution in [2.24, 2.45) is 0 Å². The molecule has 0 fully saturated rings. The number of hydrogen-bond acceptors (Lipinski definition) is 5. The first kappa shape index (κ1) is 19.6. The molecule has 0 saturated carbocycles. The number of nitrogens with zero attached hydrogens (tertiary/aromatic N) is 1. The monoisotopic (exact) mass is 390 g/mol. The normalized spacial score (nSPS) is 11.3. The van der Waals surface area contributed by atoms with Crippen LogP contribution in [0.25, 0.3) is 0 Å². The molecule has 0 aromatic heterocycles. The Labute approximate surface area is 158 Å². The van der Waals surface area contributed by atoms with Crippen LogP contribution in [0.3, 0.4) is 0 Å². The number of nitrogens with one attached hydrogen (secondary N) is 1. The zero-order valence-corrected chi connectivity index (χ0v) is 15.4. The van der Waals surface area contributed by atoms with Crippen molar-refractivity contribution in [2.45, 2.75) is 11.8 Å². The summed E-state index contributed by atoms with van der Waals surface area (Å²) in [4.78, 5) is 24.6. The molecule has 2 rings (SSSR count). The minimum atomic E-state index is -1.33. The van der Waals surface area contributed by atoms with E-state index < -0.39 is 29.3 Å². The van der Waals surface area contributed by atoms with Gasteiger partial charge in [-0.15, -0.1) is 0 Å². The average Bonchev–Trinajstić information content (AvgIpc) is 2.65. The van der Waals surface area contributed by atoms with E-state index in [0.717, 1.165) is 0 Å². The van der Waals surface area contributed by atoms with E-state index in [1.807, 2.05) is 6.07 Å². The molecule has 0 unspecified atom stereocenters. The van der Waals surface area contributed by atoms with E-state index in [1.165, 1.54) is 24.3 Å². The zero-order valence-electron chi connectivity index (χ0n) is 13.8. The maximum Gasteiger partial charge on any atom is 0.339 e. The van der Waals surface area contributed by atoms with Crippen molar-refractivity contribution in [1.29, 1.82) is 5.26 Å². The average molecular weight is 391 g/mol. The molecule has 0 heterocycles. The number of rotatable bonds is 6. The predicted molar refractivity (Wildman–Crippen MR) is 98.5 cm³/mol. The van der Waals surface area contributed by atoms with Crippen LogP contribution in [0.1, 0.15) is 22.8 Å². The van der Waals surface area contributed by atoms with Crippen LogP contribution in [0.2, 0.25) is 5.02 Å². The van der Waals surface area contributed by atoms with E-state index in [0.29, 0.717) is 15.7 Å². The van der Waals surface area contributed by atoms with Gasteiger partial charge in [0.1, 0.15) is 6.07 Å². The fourth-order valence-electron chi connectivity index (χ4n) is 2.10. The van der Waals surface area contributed by atoms with Crippen LogP contribution < -0.4 is 5.32 Å². The lowest BCUT2D eigenvalue weighted by atomic mass is 10.2. The van der Waals surface area contributed by atoms with Crippen molar-refractivity contribution >= 4 is 40.0 Å². The first-order chi connectivity index (χ1) is 12.5. The highest BCUT2D eigenvalue weighted by Crippen LogP contribution is 2.20. The molecule has 0 aliphatic rings. The topological polar surface area (TPSA) is 96.3 Å². The zero-order chi connectivity index (χ0) is 19.1. The maximum absolute atomic E-state index is 12.2. The van der Waals surface area contributed by atoms with Crippen LogP contribution in [0, 0.1) is 11.3 Å². The van der Waals surface area contributed by atoms with E-state index in [1.54, 1.807) is 25.1 Å². The molecular weight excluding hydrogens is 376 g/mol. The van der Waals surface area contributed by atoms with Gasteiger partial charge in [-0.3, -0.25) is 9.00 Å². The third kappa shape index (κ3) is 4.91. The van der Waals surface area contributed by atoms with Gasteiger partial charge in [0.2, 0.25) is 0 Å². The number of carbonyl (C=O) groups is 2. The van der Waals surface area contributed by atoms with Gasteiger partial charge < -0.3 is 10.1 Å². The molecule has 1 N–H and O–H groups in total. The summed E-state index contributed by atoms with van der Waals surface area (Å²) in [5.41, 5.74) is 0.618. The second kappa shape index (κ2) is 9.13. The standard InChI is InChI=1S/C18H15ClN2O4S/c1-2-26(24)16-6-4-3-5-14(16)18(23)25-11-17(22)21-15-9-13(19)8-7-12(15)10-20/h3-9H,2,11H2,1H3,(H,21,22)/t26-/m0/s1. The number of carbonyl (C=O) groups excluding carboxylic acids is 2. The van der Waals surface area contributed by atoms with Crippen molar-refractivity contribution < 1.29 is 18.5 Å². The molecular formula is C18H15ClN2O4S. The number of esters is 1. The summed E-state index contributed by atoms with van der Waals surface area (Å²) in [6.45, 7) is 1.19. The molecule has 0 aliphatic carbocycles. The molecule has 0 radical (unpaired) electrons. The molecule has 0 bridgehead atoms. The summed E-state index contributed by atoms with van der Waals surface area (Å²) < 4.78 is 17.0. The second-order valence-corrected chi connectivity index (χ2v) is 7.20. The van der Waals surface area contributed by atoms with Gasteiger partial charge in [-0.2, -0.15) is 5.26 Å². The van der Waals surface area contributed by atoms with Crippen molar-refractivity contribution in [3.63, 3.8) is 0 Å². The number of nitriles is 1. The van der Waals surface area contributed by atoms with E-state index in [-0.39, 0.29) is 16.8 Å². The van der Waals surface area contributed by atoms with E-state index in [2.05, 4.69) is 5.32 Å². The fraction of sp³-hybridized carbons (Fsp3) is 0.167. The molecule has 6 nitrogen and oxygen atoms in total. The molecule has 1 atom stereocenters. The van der Waals surface area contributed by atoms with E-state index >= 15 is 0 Å². The Morgan fingerprint density at radius 2 is 2.00 bits per heavy atom. The van der Waals surface area contributed by atoms with Gasteiger partial charge >= 0.3 is 5.97 Å². The summed E-state index contributed by atoms with van der Waals surface area (Å²) in [7, 11) is -1.33. The highest BCUT2D eigenvalue weighted by Gasteiger charge is 2.17. The van der Waals surface area contributed by atoms with Crippen LogP contribution in [0.15, 0.2) is 47.4 Å². The van der Waals surface area contributed by atoms with Crippen molar-refractivity contribution in [3.05, 3.63) is 58.6 Å². The van der Waals surface area contributed by atoms with E-state index in [4.69, 9.17) is 21.6 Å². The first-order valence-corrected chi connectivity index (χ1v) is 9.30. The van der Waals surface area contributed by atoms with Crippen molar-refractivity contribution in [1.82, 2.24) is 0 Å². The van der Waals surface area contributed by atoms with Gasteiger partial charge in [-0.25, -0.2) is 4.79 Å². The number of halogens is 1. The summed E-state index contributed by atoms with van der Waals surface area (Å²) in [6.07, 6.45) is 0. The molecule has 8 heteroatoms. The SMILES string of the molecule is CC[S@](=O)c1ccccc1C(=O)OCC(=O)Nc1cc(Cl)ccc1C#N. The van der Waals surface area contributed by atoms with Crippen LogP contribution in [0.5, 0.6) is 0 Å². The molecule has 0 spiro atoms. The summed E-state index contributed by atoms with van der Waals surface area (Å²) in [5.74, 6) is -1.01. The lowest BCUT2D eigenvalue weighted by Gasteiger charge is -2.10. The van der Waals surface area contributed by atoms with Gasteiger partial charge in [0.15, 0.2) is 6.61 Å².